The van der Waals surface area contributed by atoms with Crippen LogP contribution in [-0.4, -0.2) is 49.5 Å². The summed E-state index contributed by atoms with van der Waals surface area (Å²) in [5, 5.41) is 4.26. The highest BCUT2D eigenvalue weighted by molar-refractivity contribution is 5.91. The largest absolute Gasteiger partial charge is 0.488 e. The average Bonchev–Trinajstić information content (AvgIpc) is 3.56. The van der Waals surface area contributed by atoms with E-state index in [2.05, 4.69) is 26.8 Å². The Bertz CT molecular complexity index is 1710. The number of rotatable bonds is 7. The molecule has 0 saturated carbocycles. The summed E-state index contributed by atoms with van der Waals surface area (Å²) in [7, 11) is 1.97. The normalized spacial score (nSPS) is 15.0. The second-order valence-electron chi connectivity index (χ2n) is 9.63. The van der Waals surface area contributed by atoms with E-state index >= 15 is 0 Å². The van der Waals surface area contributed by atoms with Gasteiger partial charge in [-0.1, -0.05) is 6.58 Å². The average molecular weight is 521 g/mol. The zero-order valence-electron chi connectivity index (χ0n) is 21.8. The monoisotopic (exact) mass is 520 g/mol. The predicted molar refractivity (Wildman–Crippen MR) is 151 cm³/mol. The molecule has 0 spiro atoms. The maximum Gasteiger partial charge on any atom is 0.246 e. The van der Waals surface area contributed by atoms with Gasteiger partial charge in [0.2, 0.25) is 5.91 Å². The zero-order chi connectivity index (χ0) is 26.9. The molecule has 196 valence electrons. The molecule has 1 aliphatic rings. The number of anilines is 2. The molecule has 3 heterocycles. The van der Waals surface area contributed by atoms with Gasteiger partial charge in [0.25, 0.3) is 0 Å². The molecule has 0 bridgehead atoms. The SMILES string of the molecule is C=CC(=O)N1CCC(Oc2ccc3ncnc(Nc4ccc(Oc5ccc6c(c5)ncn6C)c(C)c4)c3c2)C1. The van der Waals surface area contributed by atoms with Crippen molar-refractivity contribution in [1.82, 2.24) is 24.4 Å². The molecule has 39 heavy (non-hydrogen) atoms. The Labute approximate surface area is 225 Å². The highest BCUT2D eigenvalue weighted by atomic mass is 16.5. The number of carbonyl (C=O) groups excluding carboxylic acids is 1. The topological polar surface area (TPSA) is 94.4 Å². The van der Waals surface area contributed by atoms with Gasteiger partial charge in [0.15, 0.2) is 0 Å². The quantitative estimate of drug-likeness (QED) is 0.282. The van der Waals surface area contributed by atoms with Crippen molar-refractivity contribution in [1.29, 1.82) is 0 Å². The van der Waals surface area contributed by atoms with Crippen LogP contribution in [0, 0.1) is 6.92 Å². The summed E-state index contributed by atoms with van der Waals surface area (Å²) in [6.45, 7) is 6.78. The number of carbonyl (C=O) groups is 1. The van der Waals surface area contributed by atoms with Gasteiger partial charge in [-0.25, -0.2) is 15.0 Å². The van der Waals surface area contributed by atoms with Crippen LogP contribution in [-0.2, 0) is 11.8 Å². The van der Waals surface area contributed by atoms with E-state index in [1.54, 1.807) is 17.6 Å². The first-order valence-corrected chi connectivity index (χ1v) is 12.8. The number of likely N-dealkylation sites (tertiary alicyclic amines) is 1. The molecule has 1 N–H and O–H groups in total. The Hall–Kier alpha value is -4.92. The third-order valence-corrected chi connectivity index (χ3v) is 6.90. The molecule has 1 amide bonds. The van der Waals surface area contributed by atoms with Crippen LogP contribution < -0.4 is 14.8 Å². The minimum atomic E-state index is -0.0690. The van der Waals surface area contributed by atoms with Crippen LogP contribution in [0.1, 0.15) is 12.0 Å². The lowest BCUT2D eigenvalue weighted by Gasteiger charge is -2.16. The van der Waals surface area contributed by atoms with Crippen LogP contribution >= 0.6 is 0 Å². The lowest BCUT2D eigenvalue weighted by Crippen LogP contribution is -2.29. The third-order valence-electron chi connectivity index (χ3n) is 6.90. The molecular weight excluding hydrogens is 492 g/mol. The van der Waals surface area contributed by atoms with E-state index in [0.717, 1.165) is 51.1 Å². The van der Waals surface area contributed by atoms with Gasteiger partial charge in [0.05, 0.1) is 29.4 Å². The van der Waals surface area contributed by atoms with Crippen molar-refractivity contribution in [3.8, 4) is 17.2 Å². The number of nitrogens with zero attached hydrogens (tertiary/aromatic N) is 5. The third kappa shape index (κ3) is 4.98. The van der Waals surface area contributed by atoms with Crippen molar-refractivity contribution in [3.05, 3.63) is 85.5 Å². The molecule has 1 aliphatic heterocycles. The molecular formula is C30H28N6O3. The van der Waals surface area contributed by atoms with Crippen molar-refractivity contribution in [2.24, 2.45) is 7.05 Å². The summed E-state index contributed by atoms with van der Waals surface area (Å²) in [5.41, 5.74) is 4.60. The molecule has 9 nitrogen and oxygen atoms in total. The first-order valence-electron chi connectivity index (χ1n) is 12.8. The van der Waals surface area contributed by atoms with Crippen LogP contribution in [0.25, 0.3) is 21.9 Å². The first kappa shape index (κ1) is 24.4. The number of hydrogen-bond acceptors (Lipinski definition) is 7. The summed E-state index contributed by atoms with van der Waals surface area (Å²) in [6, 6.07) is 17.6. The molecule has 0 aliphatic carbocycles. The van der Waals surface area contributed by atoms with E-state index in [9.17, 15) is 4.79 Å². The van der Waals surface area contributed by atoms with Crippen molar-refractivity contribution in [2.75, 3.05) is 18.4 Å². The molecule has 9 heteroatoms. The van der Waals surface area contributed by atoms with Crippen molar-refractivity contribution < 1.29 is 14.3 Å². The molecule has 1 atom stereocenters. The second-order valence-corrected chi connectivity index (χ2v) is 9.63. The van der Waals surface area contributed by atoms with E-state index in [1.165, 1.54) is 6.08 Å². The minimum absolute atomic E-state index is 0.0685. The van der Waals surface area contributed by atoms with E-state index < -0.39 is 0 Å². The molecule has 1 unspecified atom stereocenters. The molecule has 1 fully saturated rings. The Morgan fingerprint density at radius 3 is 2.77 bits per heavy atom. The molecule has 2 aromatic heterocycles. The Morgan fingerprint density at radius 1 is 1.05 bits per heavy atom. The second kappa shape index (κ2) is 10.1. The number of aromatic nitrogens is 4. The number of hydrogen-bond donors (Lipinski definition) is 1. The minimum Gasteiger partial charge on any atom is -0.488 e. The summed E-state index contributed by atoms with van der Waals surface area (Å²) in [4.78, 5) is 27.0. The van der Waals surface area contributed by atoms with Crippen molar-refractivity contribution in [2.45, 2.75) is 19.4 Å². The number of benzene rings is 3. The molecule has 0 radical (unpaired) electrons. The Morgan fingerprint density at radius 2 is 1.92 bits per heavy atom. The van der Waals surface area contributed by atoms with Gasteiger partial charge < -0.3 is 24.3 Å². The summed E-state index contributed by atoms with van der Waals surface area (Å²) in [5.74, 6) is 2.82. The number of nitrogens with one attached hydrogen (secondary N) is 1. The molecule has 3 aromatic carbocycles. The lowest BCUT2D eigenvalue weighted by molar-refractivity contribution is -0.125. The number of aryl methyl sites for hydroxylation is 2. The van der Waals surface area contributed by atoms with Crippen molar-refractivity contribution >= 4 is 39.3 Å². The fourth-order valence-electron chi connectivity index (χ4n) is 4.84. The number of amides is 1. The van der Waals surface area contributed by atoms with Crippen LogP contribution in [0.5, 0.6) is 17.2 Å². The van der Waals surface area contributed by atoms with Gasteiger partial charge in [0, 0.05) is 37.2 Å². The highest BCUT2D eigenvalue weighted by Crippen LogP contribution is 2.32. The molecule has 5 aromatic rings. The van der Waals surface area contributed by atoms with Gasteiger partial charge in [-0.3, -0.25) is 4.79 Å². The fraction of sp³-hybridized carbons (Fsp3) is 0.200. The Balaban J connectivity index is 1.19. The van der Waals surface area contributed by atoms with Crippen LogP contribution in [0.2, 0.25) is 0 Å². The van der Waals surface area contributed by atoms with Gasteiger partial charge in [0.1, 0.15) is 35.5 Å². The van der Waals surface area contributed by atoms with Gasteiger partial charge in [-0.15, -0.1) is 0 Å². The highest BCUT2D eigenvalue weighted by Gasteiger charge is 2.26. The maximum atomic E-state index is 11.9. The van der Waals surface area contributed by atoms with E-state index in [4.69, 9.17) is 9.47 Å². The summed E-state index contributed by atoms with van der Waals surface area (Å²) >= 11 is 0. The number of imidazole rings is 1. The smallest absolute Gasteiger partial charge is 0.246 e. The molecule has 6 rings (SSSR count). The van der Waals surface area contributed by atoms with E-state index in [-0.39, 0.29) is 12.0 Å². The van der Waals surface area contributed by atoms with Gasteiger partial charge in [-0.2, -0.15) is 0 Å². The number of ether oxygens (including phenoxy) is 2. The van der Waals surface area contributed by atoms with E-state index in [0.29, 0.717) is 24.7 Å². The number of fused-ring (bicyclic) bond motifs is 2. The van der Waals surface area contributed by atoms with Crippen molar-refractivity contribution in [3.63, 3.8) is 0 Å². The van der Waals surface area contributed by atoms with Crippen LogP contribution in [0.15, 0.2) is 79.9 Å². The summed E-state index contributed by atoms with van der Waals surface area (Å²) in [6.07, 6.45) is 5.38. The fourth-order valence-corrected chi connectivity index (χ4v) is 4.84. The zero-order valence-corrected chi connectivity index (χ0v) is 21.8. The molecule has 1 saturated heterocycles. The standard InChI is InChI=1S/C30H28N6O3/c1-4-29(37)36-12-11-23(16-36)38-21-6-8-25-24(14-21)30(32-17-31-25)34-20-5-10-28(19(2)13-20)39-22-7-9-27-26(15-22)33-18-35(27)3/h4-10,13-15,17-18,23H,1,11-12,16H2,2-3H3,(H,31,32,34). The van der Waals surface area contributed by atoms with Crippen LogP contribution in [0.4, 0.5) is 11.5 Å². The predicted octanol–water partition coefficient (Wildman–Crippen LogP) is 5.53. The van der Waals surface area contributed by atoms with Gasteiger partial charge in [-0.05, 0) is 67.1 Å². The maximum absolute atomic E-state index is 11.9. The lowest BCUT2D eigenvalue weighted by atomic mass is 10.1. The Kier molecular flexibility index (Phi) is 6.32. The summed E-state index contributed by atoms with van der Waals surface area (Å²) < 4.78 is 14.3. The first-order chi connectivity index (χ1) is 19.0. The van der Waals surface area contributed by atoms with Gasteiger partial charge >= 0.3 is 0 Å². The van der Waals surface area contributed by atoms with Crippen LogP contribution in [0.3, 0.4) is 0 Å². The van der Waals surface area contributed by atoms with E-state index in [1.807, 2.05) is 73.1 Å².